The van der Waals surface area contributed by atoms with Gasteiger partial charge in [-0.3, -0.25) is 9.59 Å². The molecule has 24 heavy (non-hydrogen) atoms. The molecule has 2 aromatic rings. The zero-order valence-electron chi connectivity index (χ0n) is 14.2. The van der Waals surface area contributed by atoms with Crippen molar-refractivity contribution in [2.45, 2.75) is 38.8 Å². The summed E-state index contributed by atoms with van der Waals surface area (Å²) in [5, 5.41) is 5.63. The lowest BCUT2D eigenvalue weighted by Crippen LogP contribution is -2.42. The molecule has 0 spiro atoms. The highest BCUT2D eigenvalue weighted by Gasteiger charge is 2.21. The van der Waals surface area contributed by atoms with Crippen LogP contribution < -0.4 is 10.6 Å². The largest absolute Gasteiger partial charge is 0.341 e. The monoisotopic (exact) mass is 324 g/mol. The highest BCUT2D eigenvalue weighted by atomic mass is 16.2. The summed E-state index contributed by atoms with van der Waals surface area (Å²) < 4.78 is 0. The molecule has 2 rings (SSSR count). The molecule has 0 bridgehead atoms. The lowest BCUT2D eigenvalue weighted by atomic mass is 10.0. The second-order valence-electron chi connectivity index (χ2n) is 5.69. The fourth-order valence-electron chi connectivity index (χ4n) is 2.66. The van der Waals surface area contributed by atoms with Crippen molar-refractivity contribution in [2.75, 3.05) is 0 Å². The van der Waals surface area contributed by atoms with Gasteiger partial charge in [-0.2, -0.15) is 0 Å². The van der Waals surface area contributed by atoms with Gasteiger partial charge in [-0.1, -0.05) is 74.5 Å². The maximum absolute atomic E-state index is 12.2. The molecule has 2 atom stereocenters. The molecule has 0 aliphatic carbocycles. The first-order valence-electron chi connectivity index (χ1n) is 8.37. The number of carbonyl (C=O) groups excluding carboxylic acids is 2. The van der Waals surface area contributed by atoms with E-state index in [1.54, 1.807) is 0 Å². The molecule has 2 aromatic carbocycles. The van der Waals surface area contributed by atoms with Crippen LogP contribution in [0.4, 0.5) is 0 Å². The van der Waals surface area contributed by atoms with Gasteiger partial charge in [0.2, 0.25) is 0 Å². The third-order valence-electron chi connectivity index (χ3n) is 4.04. The molecule has 0 saturated carbocycles. The first-order valence-corrected chi connectivity index (χ1v) is 8.37. The minimum absolute atomic E-state index is 0.166. The van der Waals surface area contributed by atoms with Crippen molar-refractivity contribution < 1.29 is 9.59 Å². The smallest absolute Gasteiger partial charge is 0.309 e. The highest BCUT2D eigenvalue weighted by molar-refractivity contribution is 6.35. The van der Waals surface area contributed by atoms with Crippen LogP contribution in [0.25, 0.3) is 0 Å². The van der Waals surface area contributed by atoms with Crippen molar-refractivity contribution in [3.8, 4) is 0 Å². The van der Waals surface area contributed by atoms with Gasteiger partial charge < -0.3 is 10.6 Å². The van der Waals surface area contributed by atoms with Gasteiger partial charge >= 0.3 is 11.8 Å². The molecule has 0 aliphatic heterocycles. The molecule has 0 radical (unpaired) electrons. The lowest BCUT2D eigenvalue weighted by Gasteiger charge is -2.20. The highest BCUT2D eigenvalue weighted by Crippen LogP contribution is 2.17. The predicted molar refractivity (Wildman–Crippen MR) is 95.2 cm³/mol. The Kier molecular flexibility index (Phi) is 6.55. The normalized spacial score (nSPS) is 12.9. The van der Waals surface area contributed by atoms with Gasteiger partial charge in [0.1, 0.15) is 0 Å². The van der Waals surface area contributed by atoms with E-state index in [0.29, 0.717) is 0 Å². The van der Waals surface area contributed by atoms with E-state index >= 15 is 0 Å². The Hall–Kier alpha value is -2.62. The molecule has 4 nitrogen and oxygen atoms in total. The Balaban J connectivity index is 1.99. The van der Waals surface area contributed by atoms with E-state index in [2.05, 4.69) is 10.6 Å². The van der Waals surface area contributed by atoms with Gasteiger partial charge in [0, 0.05) is 0 Å². The molecule has 126 valence electrons. The Morgan fingerprint density at radius 1 is 0.708 bits per heavy atom. The zero-order chi connectivity index (χ0) is 17.4. The van der Waals surface area contributed by atoms with E-state index in [9.17, 15) is 9.59 Å². The Bertz CT molecular complexity index is 596. The van der Waals surface area contributed by atoms with Crippen molar-refractivity contribution in [1.82, 2.24) is 10.6 Å². The van der Waals surface area contributed by atoms with Gasteiger partial charge in [-0.25, -0.2) is 0 Å². The average Bonchev–Trinajstić information content (AvgIpc) is 2.65. The summed E-state index contributed by atoms with van der Waals surface area (Å²) in [5.74, 6) is -1.19. The Morgan fingerprint density at radius 2 is 1.04 bits per heavy atom. The van der Waals surface area contributed by atoms with Crippen LogP contribution in [0.2, 0.25) is 0 Å². The topological polar surface area (TPSA) is 58.2 Å². The molecule has 0 aliphatic rings. The van der Waals surface area contributed by atoms with Crippen LogP contribution in [-0.4, -0.2) is 11.8 Å². The fourth-order valence-corrected chi connectivity index (χ4v) is 2.66. The second-order valence-corrected chi connectivity index (χ2v) is 5.69. The van der Waals surface area contributed by atoms with E-state index in [-0.39, 0.29) is 12.1 Å². The molecular formula is C20H24N2O2. The SMILES string of the molecule is CC[C@H](NC(=O)C(=O)N[C@@H](CC)c1ccccc1)c1ccccc1. The van der Waals surface area contributed by atoms with Crippen LogP contribution in [-0.2, 0) is 9.59 Å². The van der Waals surface area contributed by atoms with E-state index in [0.717, 1.165) is 24.0 Å². The molecule has 0 heterocycles. The van der Waals surface area contributed by atoms with E-state index in [1.807, 2.05) is 74.5 Å². The summed E-state index contributed by atoms with van der Waals surface area (Å²) in [4.78, 5) is 24.5. The maximum atomic E-state index is 12.2. The second kappa shape index (κ2) is 8.87. The summed E-state index contributed by atoms with van der Waals surface area (Å²) in [6, 6.07) is 19.0. The molecule has 0 fully saturated rings. The number of hydrogen-bond donors (Lipinski definition) is 2. The predicted octanol–water partition coefficient (Wildman–Crippen LogP) is 3.52. The molecule has 2 amide bonds. The van der Waals surface area contributed by atoms with Crippen molar-refractivity contribution in [2.24, 2.45) is 0 Å². The van der Waals surface area contributed by atoms with Crippen molar-refractivity contribution >= 4 is 11.8 Å². The summed E-state index contributed by atoms with van der Waals surface area (Å²) in [6.07, 6.45) is 1.44. The van der Waals surface area contributed by atoms with Gasteiger partial charge in [0.15, 0.2) is 0 Å². The molecule has 2 N–H and O–H groups in total. The van der Waals surface area contributed by atoms with Crippen LogP contribution in [0.5, 0.6) is 0 Å². The average molecular weight is 324 g/mol. The van der Waals surface area contributed by atoms with Crippen LogP contribution in [0.1, 0.15) is 49.9 Å². The van der Waals surface area contributed by atoms with Crippen LogP contribution in [0.3, 0.4) is 0 Å². The number of benzene rings is 2. The van der Waals surface area contributed by atoms with Crippen LogP contribution in [0.15, 0.2) is 60.7 Å². The molecule has 4 heteroatoms. The third-order valence-corrected chi connectivity index (χ3v) is 4.04. The van der Waals surface area contributed by atoms with Crippen molar-refractivity contribution in [1.29, 1.82) is 0 Å². The van der Waals surface area contributed by atoms with E-state index in [4.69, 9.17) is 0 Å². The summed E-state index contributed by atoms with van der Waals surface area (Å²) in [5.41, 5.74) is 1.99. The lowest BCUT2D eigenvalue weighted by molar-refractivity contribution is -0.140. The van der Waals surface area contributed by atoms with Gasteiger partial charge in [-0.05, 0) is 24.0 Å². The molecule has 0 unspecified atom stereocenters. The molecule has 0 saturated heterocycles. The minimum Gasteiger partial charge on any atom is -0.341 e. The van der Waals surface area contributed by atoms with Crippen molar-refractivity contribution in [3.63, 3.8) is 0 Å². The first-order chi connectivity index (χ1) is 11.7. The van der Waals surface area contributed by atoms with Crippen LogP contribution >= 0.6 is 0 Å². The quantitative estimate of drug-likeness (QED) is 0.799. The zero-order valence-corrected chi connectivity index (χ0v) is 14.2. The summed E-state index contributed by atoms with van der Waals surface area (Å²) in [6.45, 7) is 3.96. The number of nitrogens with one attached hydrogen (secondary N) is 2. The van der Waals surface area contributed by atoms with Gasteiger partial charge in [-0.15, -0.1) is 0 Å². The first kappa shape index (κ1) is 17.7. The minimum atomic E-state index is -0.597. The Morgan fingerprint density at radius 3 is 1.33 bits per heavy atom. The number of carbonyl (C=O) groups is 2. The van der Waals surface area contributed by atoms with E-state index < -0.39 is 11.8 Å². The number of amides is 2. The van der Waals surface area contributed by atoms with E-state index in [1.165, 1.54) is 0 Å². The standard InChI is InChI=1S/C20H24N2O2/c1-3-17(15-11-7-5-8-12-15)21-19(23)20(24)22-18(4-2)16-13-9-6-10-14-16/h5-14,17-18H,3-4H2,1-2H3,(H,21,23)(H,22,24)/t17-,18-/m0/s1. The number of rotatable bonds is 6. The number of hydrogen-bond acceptors (Lipinski definition) is 2. The summed E-state index contributed by atoms with van der Waals surface area (Å²) >= 11 is 0. The fraction of sp³-hybridized carbons (Fsp3) is 0.300. The maximum Gasteiger partial charge on any atom is 0.309 e. The third kappa shape index (κ3) is 4.69. The Labute approximate surface area is 143 Å². The van der Waals surface area contributed by atoms with Crippen molar-refractivity contribution in [3.05, 3.63) is 71.8 Å². The van der Waals surface area contributed by atoms with Gasteiger partial charge in [0.25, 0.3) is 0 Å². The molecular weight excluding hydrogens is 300 g/mol. The summed E-state index contributed by atoms with van der Waals surface area (Å²) in [7, 11) is 0. The molecule has 0 aromatic heterocycles. The van der Waals surface area contributed by atoms with Gasteiger partial charge in [0.05, 0.1) is 12.1 Å². The van der Waals surface area contributed by atoms with Crippen LogP contribution in [0, 0.1) is 0 Å².